The van der Waals surface area contributed by atoms with Gasteiger partial charge in [0.2, 0.25) is 5.95 Å². The molecule has 3 N–H and O–H groups in total. The van der Waals surface area contributed by atoms with Crippen molar-refractivity contribution in [2.24, 2.45) is 0 Å². The molecule has 12 nitrogen and oxygen atoms in total. The molecule has 0 unspecified atom stereocenters. The number of likely N-dealkylation sites (N-methyl/N-ethyl adjacent to an activating group) is 1. The van der Waals surface area contributed by atoms with Gasteiger partial charge in [-0.15, -0.1) is 0 Å². The number of halogens is 1. The van der Waals surface area contributed by atoms with Crippen molar-refractivity contribution in [3.8, 4) is 16.9 Å². The molecule has 0 atom stereocenters. The molecule has 0 amide bonds. The first-order valence-corrected chi connectivity index (χ1v) is 20.1. The summed E-state index contributed by atoms with van der Waals surface area (Å²) in [6.45, 7) is 12.2. The lowest BCUT2D eigenvalue weighted by molar-refractivity contribution is 0.0982. The molecule has 2 aliphatic heterocycles. The molecule has 2 aromatic carbocycles. The molecule has 49 heavy (non-hydrogen) atoms. The van der Waals surface area contributed by atoms with Crippen LogP contribution in [0.1, 0.15) is 25.3 Å². The van der Waals surface area contributed by atoms with Crippen LogP contribution >= 0.6 is 23.1 Å². The molecule has 4 aromatic rings. The lowest BCUT2D eigenvalue weighted by Crippen LogP contribution is -2.52. The number of nitrogens with one attached hydrogen (secondary N) is 3. The fraction of sp³-hybridized carbons (Fsp3) is 0.429. The number of methoxy groups -OCH3 is 1. The number of piperidine rings is 1. The molecule has 2 aliphatic rings. The maximum atomic E-state index is 13.4. The third-order valence-corrected chi connectivity index (χ3v) is 11.6. The van der Waals surface area contributed by atoms with E-state index in [2.05, 4.69) is 82.3 Å². The van der Waals surface area contributed by atoms with Crippen molar-refractivity contribution in [1.82, 2.24) is 29.7 Å². The van der Waals surface area contributed by atoms with Crippen molar-refractivity contribution in [2.75, 3.05) is 82.3 Å². The Hall–Kier alpha value is -3.77. The van der Waals surface area contributed by atoms with Crippen molar-refractivity contribution in [1.29, 1.82) is 0 Å². The molecule has 2 saturated heterocycles. The number of nitrogens with zero attached hydrogens (tertiary/aromatic N) is 6. The molecule has 0 saturated carbocycles. The second-order valence-corrected chi connectivity index (χ2v) is 17.1. The van der Waals surface area contributed by atoms with E-state index in [-0.39, 0.29) is 5.56 Å². The predicted octanol–water partition coefficient (Wildman–Crippen LogP) is 5.51. The minimum atomic E-state index is -2.78. The summed E-state index contributed by atoms with van der Waals surface area (Å²) in [5.74, 6) is 1.59. The zero-order chi connectivity index (χ0) is 34.7. The Morgan fingerprint density at radius 3 is 2.45 bits per heavy atom. The zero-order valence-corrected chi connectivity index (χ0v) is 31.3. The standard InChI is InChI=1S/C35H45BrN9O3P/c1-6-23-17-29(31(48-3)19-30(23)45-11-9-25(10-12-45)44-15-13-43(2)14-16-44)41-35-38-21-27(36)33(42-35)40-28-8-7-24(18-32(28)49(4,5)47)26-20-37-22-39-34(26)46/h7-8,17-22,25H,6,9-16H2,1-5H3,(H,37,39,46)(H2,38,40,41,42). The molecule has 0 spiro atoms. The molecule has 2 fully saturated rings. The molecule has 14 heteroatoms. The van der Waals surface area contributed by atoms with Gasteiger partial charge in [0.15, 0.2) is 0 Å². The van der Waals surface area contributed by atoms with Gasteiger partial charge in [0.05, 0.1) is 34.8 Å². The molecule has 0 bridgehead atoms. The molecule has 2 aromatic heterocycles. The number of rotatable bonds is 10. The molecule has 4 heterocycles. The Kier molecular flexibility index (Phi) is 10.7. The van der Waals surface area contributed by atoms with E-state index in [0.717, 1.165) is 70.0 Å². The molecular formula is C35H45BrN9O3P. The van der Waals surface area contributed by atoms with Crippen LogP contribution in [-0.4, -0.2) is 103 Å². The van der Waals surface area contributed by atoms with Crippen molar-refractivity contribution in [3.05, 3.63) is 69.4 Å². The van der Waals surface area contributed by atoms with Crippen LogP contribution in [0.4, 0.5) is 28.8 Å². The summed E-state index contributed by atoms with van der Waals surface area (Å²) in [6, 6.07) is 10.3. The highest BCUT2D eigenvalue weighted by Gasteiger charge is 2.28. The SMILES string of the molecule is CCc1cc(Nc2ncc(Br)c(Nc3ccc(-c4cnc[nH]c4=O)cc3P(C)(C)=O)n2)c(OC)cc1N1CCC(N2CCN(C)CC2)CC1. The van der Waals surface area contributed by atoms with E-state index in [1.165, 1.54) is 23.8 Å². The van der Waals surface area contributed by atoms with Crippen molar-refractivity contribution >= 4 is 57.2 Å². The first-order valence-electron chi connectivity index (χ1n) is 16.7. The topological polar surface area (TPSA) is 132 Å². The van der Waals surface area contributed by atoms with Crippen LogP contribution in [0.5, 0.6) is 5.75 Å². The first-order chi connectivity index (χ1) is 23.5. The van der Waals surface area contributed by atoms with E-state index >= 15 is 0 Å². The van der Waals surface area contributed by atoms with Gasteiger partial charge in [-0.2, -0.15) is 4.98 Å². The fourth-order valence-electron chi connectivity index (χ4n) is 6.68. The molecule has 0 aliphatic carbocycles. The van der Waals surface area contributed by atoms with Gasteiger partial charge in [-0.3, -0.25) is 9.69 Å². The number of aryl methyl sites for hydroxylation is 1. The van der Waals surface area contributed by atoms with Gasteiger partial charge >= 0.3 is 0 Å². The number of aromatic amines is 1. The third kappa shape index (κ3) is 8.01. The third-order valence-electron chi connectivity index (χ3n) is 9.49. The molecule has 260 valence electrons. The lowest BCUT2D eigenvalue weighted by Gasteiger charge is -2.43. The van der Waals surface area contributed by atoms with Crippen LogP contribution in [0.2, 0.25) is 0 Å². The Morgan fingerprint density at radius 1 is 1.02 bits per heavy atom. The smallest absolute Gasteiger partial charge is 0.258 e. The van der Waals surface area contributed by atoms with Gasteiger partial charge < -0.3 is 34.7 Å². The fourth-order valence-corrected chi connectivity index (χ4v) is 8.13. The van der Waals surface area contributed by atoms with Gasteiger partial charge in [0.1, 0.15) is 18.7 Å². The minimum Gasteiger partial charge on any atom is -0.494 e. The van der Waals surface area contributed by atoms with Crippen LogP contribution in [0.3, 0.4) is 0 Å². The second-order valence-electron chi connectivity index (χ2n) is 13.1. The van der Waals surface area contributed by atoms with Gasteiger partial charge in [-0.25, -0.2) is 9.97 Å². The van der Waals surface area contributed by atoms with Gasteiger partial charge in [-0.1, -0.05) is 13.0 Å². The van der Waals surface area contributed by atoms with Crippen LogP contribution in [0.15, 0.2) is 58.3 Å². The monoisotopic (exact) mass is 749 g/mol. The average Bonchev–Trinajstić information content (AvgIpc) is 3.10. The average molecular weight is 751 g/mol. The summed E-state index contributed by atoms with van der Waals surface area (Å²) in [7, 11) is 1.11. The molecular weight excluding hydrogens is 705 g/mol. The number of hydrogen-bond donors (Lipinski definition) is 3. The summed E-state index contributed by atoms with van der Waals surface area (Å²) in [4.78, 5) is 36.0. The van der Waals surface area contributed by atoms with Crippen LogP contribution in [0, 0.1) is 0 Å². The van der Waals surface area contributed by atoms with E-state index in [9.17, 15) is 9.36 Å². The van der Waals surface area contributed by atoms with Crippen LogP contribution in [0.25, 0.3) is 11.1 Å². The van der Waals surface area contributed by atoms with Crippen molar-refractivity contribution in [2.45, 2.75) is 32.2 Å². The quantitative estimate of drug-likeness (QED) is 0.177. The van der Waals surface area contributed by atoms with Gasteiger partial charge in [0, 0.05) is 74.8 Å². The number of anilines is 5. The highest BCUT2D eigenvalue weighted by Crippen LogP contribution is 2.41. The normalized spacial score (nSPS) is 16.5. The van der Waals surface area contributed by atoms with E-state index in [4.69, 9.17) is 9.72 Å². The van der Waals surface area contributed by atoms with E-state index in [0.29, 0.717) is 44.4 Å². The van der Waals surface area contributed by atoms with Gasteiger partial charge in [-0.05, 0) is 84.9 Å². The highest BCUT2D eigenvalue weighted by molar-refractivity contribution is 9.10. The number of aromatic nitrogens is 4. The highest BCUT2D eigenvalue weighted by atomic mass is 79.9. The zero-order valence-electron chi connectivity index (χ0n) is 28.8. The minimum absolute atomic E-state index is 0.265. The summed E-state index contributed by atoms with van der Waals surface area (Å²) in [6.07, 6.45) is 7.72. The predicted molar refractivity (Wildman–Crippen MR) is 202 cm³/mol. The Labute approximate surface area is 296 Å². The van der Waals surface area contributed by atoms with E-state index in [1.807, 2.05) is 6.07 Å². The Balaban J connectivity index is 1.22. The Morgan fingerprint density at radius 2 is 1.78 bits per heavy atom. The number of benzene rings is 2. The van der Waals surface area contributed by atoms with Crippen LogP contribution < -0.4 is 31.1 Å². The van der Waals surface area contributed by atoms with E-state index < -0.39 is 7.14 Å². The van der Waals surface area contributed by atoms with Crippen molar-refractivity contribution in [3.63, 3.8) is 0 Å². The molecule has 6 rings (SSSR count). The number of H-pyrrole nitrogens is 1. The largest absolute Gasteiger partial charge is 0.494 e. The van der Waals surface area contributed by atoms with Crippen molar-refractivity contribution < 1.29 is 9.30 Å². The summed E-state index contributed by atoms with van der Waals surface area (Å²) >= 11 is 3.57. The first kappa shape index (κ1) is 35.1. The Bertz CT molecular complexity index is 1900. The number of ether oxygens (including phenoxy) is 1. The maximum absolute atomic E-state index is 13.4. The maximum Gasteiger partial charge on any atom is 0.258 e. The van der Waals surface area contributed by atoms with Gasteiger partial charge in [0.25, 0.3) is 5.56 Å². The number of hydrogen-bond acceptors (Lipinski definition) is 11. The summed E-state index contributed by atoms with van der Waals surface area (Å²) in [5, 5.41) is 7.31. The molecule has 0 radical (unpaired) electrons. The van der Waals surface area contributed by atoms with E-state index in [1.54, 1.807) is 38.8 Å². The second kappa shape index (κ2) is 15.0. The number of piperazine rings is 1. The summed E-state index contributed by atoms with van der Waals surface area (Å²) in [5.41, 5.74) is 4.61. The summed E-state index contributed by atoms with van der Waals surface area (Å²) < 4.78 is 20.0. The van der Waals surface area contributed by atoms with Crippen LogP contribution in [-0.2, 0) is 11.0 Å². The lowest BCUT2D eigenvalue weighted by atomic mass is 9.99.